The SMILES string of the molecule is Cc1ccc(C(=O)N2CCC(c3nc(C4CC4)n[nH]3)CC2)c(C)c1. The molecule has 1 aliphatic carbocycles. The molecule has 0 spiro atoms. The summed E-state index contributed by atoms with van der Waals surface area (Å²) in [5, 5.41) is 7.48. The predicted octanol–water partition coefficient (Wildman–Crippen LogP) is 3.32. The second-order valence-corrected chi connectivity index (χ2v) is 7.24. The molecule has 0 atom stereocenters. The van der Waals surface area contributed by atoms with Crippen LogP contribution < -0.4 is 0 Å². The third-order valence-electron chi connectivity index (χ3n) is 5.24. The van der Waals surface area contributed by atoms with E-state index < -0.39 is 0 Å². The number of carbonyl (C=O) groups is 1. The van der Waals surface area contributed by atoms with Crippen molar-refractivity contribution in [2.45, 2.75) is 51.4 Å². The summed E-state index contributed by atoms with van der Waals surface area (Å²) in [7, 11) is 0. The third-order valence-corrected chi connectivity index (χ3v) is 5.24. The largest absolute Gasteiger partial charge is 0.339 e. The summed E-state index contributed by atoms with van der Waals surface area (Å²) in [5.41, 5.74) is 3.08. The van der Waals surface area contributed by atoms with Gasteiger partial charge in [-0.3, -0.25) is 9.89 Å². The fourth-order valence-electron chi connectivity index (χ4n) is 3.57. The molecule has 2 heterocycles. The molecular formula is C19H24N4O. The molecule has 1 aliphatic heterocycles. The van der Waals surface area contributed by atoms with Crippen molar-refractivity contribution in [3.8, 4) is 0 Å². The Kier molecular flexibility index (Phi) is 3.87. The zero-order valence-corrected chi connectivity index (χ0v) is 14.4. The van der Waals surface area contributed by atoms with Gasteiger partial charge in [0, 0.05) is 30.5 Å². The van der Waals surface area contributed by atoms with Crippen molar-refractivity contribution in [1.29, 1.82) is 0 Å². The number of piperidine rings is 1. The highest BCUT2D eigenvalue weighted by Gasteiger charge is 2.31. The Morgan fingerprint density at radius 3 is 2.54 bits per heavy atom. The molecule has 5 nitrogen and oxygen atoms in total. The maximum absolute atomic E-state index is 12.8. The summed E-state index contributed by atoms with van der Waals surface area (Å²) in [6.45, 7) is 5.65. The van der Waals surface area contributed by atoms with Gasteiger partial charge in [0.2, 0.25) is 0 Å². The Bertz CT molecular complexity index is 754. The van der Waals surface area contributed by atoms with Gasteiger partial charge in [-0.25, -0.2) is 4.98 Å². The lowest BCUT2D eigenvalue weighted by Crippen LogP contribution is -2.38. The highest BCUT2D eigenvalue weighted by molar-refractivity contribution is 5.95. The van der Waals surface area contributed by atoms with Crippen molar-refractivity contribution in [2.75, 3.05) is 13.1 Å². The van der Waals surface area contributed by atoms with Crippen molar-refractivity contribution in [2.24, 2.45) is 0 Å². The molecule has 1 N–H and O–H groups in total. The first-order valence-corrected chi connectivity index (χ1v) is 8.90. The molecule has 1 aromatic heterocycles. The van der Waals surface area contributed by atoms with Crippen molar-refractivity contribution in [3.05, 3.63) is 46.5 Å². The van der Waals surface area contributed by atoms with Gasteiger partial charge >= 0.3 is 0 Å². The Morgan fingerprint density at radius 1 is 1.12 bits per heavy atom. The summed E-state index contributed by atoms with van der Waals surface area (Å²) in [5.74, 6) is 3.13. The molecule has 4 rings (SSSR count). The average molecular weight is 324 g/mol. The topological polar surface area (TPSA) is 61.9 Å². The zero-order valence-electron chi connectivity index (χ0n) is 14.4. The van der Waals surface area contributed by atoms with Gasteiger partial charge in [-0.1, -0.05) is 17.7 Å². The smallest absolute Gasteiger partial charge is 0.254 e. The number of hydrogen-bond acceptors (Lipinski definition) is 3. The fourth-order valence-corrected chi connectivity index (χ4v) is 3.57. The first-order chi connectivity index (χ1) is 11.6. The summed E-state index contributed by atoms with van der Waals surface area (Å²) in [4.78, 5) is 19.4. The molecule has 24 heavy (non-hydrogen) atoms. The Labute approximate surface area is 142 Å². The van der Waals surface area contributed by atoms with E-state index in [9.17, 15) is 4.79 Å². The van der Waals surface area contributed by atoms with E-state index in [4.69, 9.17) is 0 Å². The van der Waals surface area contributed by atoms with Crippen LogP contribution in [0.3, 0.4) is 0 Å². The number of carbonyl (C=O) groups excluding carboxylic acids is 1. The van der Waals surface area contributed by atoms with E-state index >= 15 is 0 Å². The molecular weight excluding hydrogens is 300 g/mol. The number of benzene rings is 1. The minimum absolute atomic E-state index is 0.155. The highest BCUT2D eigenvalue weighted by Crippen LogP contribution is 2.38. The van der Waals surface area contributed by atoms with Crippen molar-refractivity contribution in [1.82, 2.24) is 20.1 Å². The first kappa shape index (κ1) is 15.4. The number of hydrogen-bond donors (Lipinski definition) is 1. The van der Waals surface area contributed by atoms with E-state index in [0.29, 0.717) is 11.8 Å². The van der Waals surface area contributed by atoms with E-state index in [1.54, 1.807) is 0 Å². The van der Waals surface area contributed by atoms with Crippen molar-refractivity contribution in [3.63, 3.8) is 0 Å². The minimum Gasteiger partial charge on any atom is -0.339 e. The van der Waals surface area contributed by atoms with Gasteiger partial charge in [0.15, 0.2) is 5.82 Å². The second kappa shape index (κ2) is 6.04. The van der Waals surface area contributed by atoms with Crippen LogP contribution in [0.2, 0.25) is 0 Å². The third kappa shape index (κ3) is 2.95. The van der Waals surface area contributed by atoms with Crippen molar-refractivity contribution >= 4 is 5.91 Å². The van der Waals surface area contributed by atoms with E-state index in [1.807, 2.05) is 24.0 Å². The van der Waals surface area contributed by atoms with Crippen LogP contribution >= 0.6 is 0 Å². The summed E-state index contributed by atoms with van der Waals surface area (Å²) in [6.07, 6.45) is 4.35. The predicted molar refractivity (Wildman–Crippen MR) is 92.2 cm³/mol. The number of H-pyrrole nitrogens is 1. The number of likely N-dealkylation sites (tertiary alicyclic amines) is 1. The number of aromatic nitrogens is 3. The summed E-state index contributed by atoms with van der Waals surface area (Å²) < 4.78 is 0. The number of nitrogens with one attached hydrogen (secondary N) is 1. The van der Waals surface area contributed by atoms with Gasteiger partial charge in [0.1, 0.15) is 5.82 Å². The lowest BCUT2D eigenvalue weighted by Gasteiger charge is -2.31. The molecule has 0 bridgehead atoms. The second-order valence-electron chi connectivity index (χ2n) is 7.24. The van der Waals surface area contributed by atoms with Crippen LogP contribution in [0.1, 0.15) is 70.7 Å². The molecule has 0 unspecified atom stereocenters. The van der Waals surface area contributed by atoms with Crippen LogP contribution in [0, 0.1) is 13.8 Å². The van der Waals surface area contributed by atoms with Gasteiger partial charge in [0.05, 0.1) is 0 Å². The zero-order chi connectivity index (χ0) is 16.7. The lowest BCUT2D eigenvalue weighted by molar-refractivity contribution is 0.0710. The van der Waals surface area contributed by atoms with Crippen LogP contribution in [-0.2, 0) is 0 Å². The molecule has 1 amide bonds. The van der Waals surface area contributed by atoms with Gasteiger partial charge in [-0.2, -0.15) is 5.10 Å². The van der Waals surface area contributed by atoms with Crippen LogP contribution in [0.15, 0.2) is 18.2 Å². The van der Waals surface area contributed by atoms with E-state index in [1.165, 1.54) is 18.4 Å². The molecule has 1 saturated heterocycles. The number of nitrogens with zero attached hydrogens (tertiary/aromatic N) is 3. The van der Waals surface area contributed by atoms with Crippen molar-refractivity contribution < 1.29 is 4.79 Å². The lowest BCUT2D eigenvalue weighted by atomic mass is 9.95. The van der Waals surface area contributed by atoms with Crippen LogP contribution in [-0.4, -0.2) is 39.1 Å². The maximum Gasteiger partial charge on any atom is 0.254 e. The van der Waals surface area contributed by atoms with Gasteiger partial charge in [-0.05, 0) is 51.2 Å². The molecule has 0 radical (unpaired) electrons. The van der Waals surface area contributed by atoms with E-state index in [0.717, 1.165) is 48.7 Å². The summed E-state index contributed by atoms with van der Waals surface area (Å²) >= 11 is 0. The fraction of sp³-hybridized carbons (Fsp3) is 0.526. The Balaban J connectivity index is 1.40. The molecule has 2 aliphatic rings. The van der Waals surface area contributed by atoms with E-state index in [2.05, 4.69) is 28.2 Å². The average Bonchev–Trinajstić information content (AvgIpc) is 3.32. The van der Waals surface area contributed by atoms with E-state index in [-0.39, 0.29) is 5.91 Å². The molecule has 1 saturated carbocycles. The number of aryl methyl sites for hydroxylation is 2. The highest BCUT2D eigenvalue weighted by atomic mass is 16.2. The monoisotopic (exact) mass is 324 g/mol. The molecule has 2 fully saturated rings. The molecule has 5 heteroatoms. The quantitative estimate of drug-likeness (QED) is 0.942. The Morgan fingerprint density at radius 2 is 1.88 bits per heavy atom. The molecule has 1 aromatic carbocycles. The molecule has 2 aromatic rings. The summed E-state index contributed by atoms with van der Waals surface area (Å²) in [6, 6.07) is 6.05. The van der Waals surface area contributed by atoms with Crippen LogP contribution in [0.4, 0.5) is 0 Å². The standard InChI is InChI=1S/C19H24N4O/c1-12-3-6-16(13(2)11-12)19(24)23-9-7-15(8-10-23)18-20-17(21-22-18)14-4-5-14/h3,6,11,14-15H,4-5,7-10H2,1-2H3,(H,20,21,22). The number of rotatable bonds is 3. The maximum atomic E-state index is 12.8. The van der Waals surface area contributed by atoms with Crippen LogP contribution in [0.5, 0.6) is 0 Å². The first-order valence-electron chi connectivity index (χ1n) is 8.90. The van der Waals surface area contributed by atoms with Crippen LogP contribution in [0.25, 0.3) is 0 Å². The van der Waals surface area contributed by atoms with Gasteiger partial charge < -0.3 is 4.90 Å². The Hall–Kier alpha value is -2.17. The van der Waals surface area contributed by atoms with Gasteiger partial charge in [0.25, 0.3) is 5.91 Å². The number of aromatic amines is 1. The molecule has 126 valence electrons. The number of amides is 1. The van der Waals surface area contributed by atoms with Gasteiger partial charge in [-0.15, -0.1) is 0 Å². The minimum atomic E-state index is 0.155. The normalized spacial score (nSPS) is 18.8.